The summed E-state index contributed by atoms with van der Waals surface area (Å²) in [4.78, 5) is 67.7. The van der Waals surface area contributed by atoms with Crippen molar-refractivity contribution in [1.29, 1.82) is 0 Å². The summed E-state index contributed by atoms with van der Waals surface area (Å²) in [6.45, 7) is 9.30. The number of rotatable bonds is 11. The van der Waals surface area contributed by atoms with Gasteiger partial charge < -0.3 is 38.9 Å². The van der Waals surface area contributed by atoms with E-state index in [0.717, 1.165) is 35.7 Å². The highest BCUT2D eigenvalue weighted by Crippen LogP contribution is 2.33. The van der Waals surface area contributed by atoms with Gasteiger partial charge in [0.05, 0.1) is 45.7 Å². The van der Waals surface area contributed by atoms with Crippen LogP contribution in [-0.4, -0.2) is 174 Å². The molecule has 0 bridgehead atoms. The number of methoxy groups -OCH3 is 2. The smallest absolute Gasteiger partial charge is 0.271 e. The van der Waals surface area contributed by atoms with E-state index in [1.54, 1.807) is 88.7 Å². The number of benzene rings is 2. The summed E-state index contributed by atoms with van der Waals surface area (Å²) in [6.07, 6.45) is 3.17. The molecule has 0 saturated carbocycles. The van der Waals surface area contributed by atoms with Crippen LogP contribution in [0.5, 0.6) is 11.5 Å². The number of halogens is 5. The maximum absolute atomic E-state index is 13.1. The quantitative estimate of drug-likeness (QED) is 0.124. The van der Waals surface area contributed by atoms with Crippen LogP contribution < -0.4 is 19.3 Å². The lowest BCUT2D eigenvalue weighted by Crippen LogP contribution is -2.49. The minimum absolute atomic E-state index is 0.00463. The van der Waals surface area contributed by atoms with E-state index in [1.807, 2.05) is 55.1 Å². The summed E-state index contributed by atoms with van der Waals surface area (Å²) >= 11 is 30.4. The van der Waals surface area contributed by atoms with Crippen molar-refractivity contribution in [3.8, 4) is 34.0 Å². The SMILES string of the molecule is COc1cc(N2CCN(C(=O)CCl)CC2)ccc1Cl.COc1cc(N2CCN(C(=O)Cn3nc(-c4ccc(C(=O)N(C)C)nc4)c(Cl)c3C)CC2)ccc1Cl.Cc1[nH]nc(-c2ccc(C(=O)N(C)C)nc2)c1Cl. The number of hydrogen-bond acceptors (Lipinski definition) is 12. The zero-order chi connectivity index (χ0) is 53.1. The highest BCUT2D eigenvalue weighted by molar-refractivity contribution is 6.34. The molecule has 388 valence electrons. The topological polar surface area (TPSA) is 178 Å². The van der Waals surface area contributed by atoms with Gasteiger partial charge >= 0.3 is 0 Å². The Morgan fingerprint density at radius 3 is 1.45 bits per heavy atom. The van der Waals surface area contributed by atoms with Gasteiger partial charge in [-0.3, -0.25) is 38.9 Å². The van der Waals surface area contributed by atoms with Gasteiger partial charge in [-0.05, 0) is 62.4 Å². The third-order valence-electron chi connectivity index (χ3n) is 12.0. The first kappa shape index (κ1) is 56.0. The molecule has 23 heteroatoms. The van der Waals surface area contributed by atoms with Gasteiger partial charge in [-0.15, -0.1) is 11.6 Å². The summed E-state index contributed by atoms with van der Waals surface area (Å²) in [7, 11) is 9.91. The fourth-order valence-corrected chi connectivity index (χ4v) is 8.68. The Bertz CT molecular complexity index is 2880. The molecule has 2 aromatic carbocycles. The molecule has 6 heterocycles. The zero-order valence-electron chi connectivity index (χ0n) is 41.8. The number of hydrogen-bond donors (Lipinski definition) is 1. The molecule has 2 fully saturated rings. The van der Waals surface area contributed by atoms with Crippen LogP contribution in [-0.2, 0) is 16.1 Å². The molecule has 0 unspecified atom stereocenters. The number of H-pyrrole nitrogens is 1. The molecule has 0 radical (unpaired) electrons. The Hall–Kier alpha value is -6.31. The van der Waals surface area contributed by atoms with Crippen LogP contribution in [0.25, 0.3) is 22.5 Å². The van der Waals surface area contributed by atoms with Crippen molar-refractivity contribution < 1.29 is 28.7 Å². The number of aromatic amines is 1. The molecular weight excluding hydrogens is 1040 g/mol. The van der Waals surface area contributed by atoms with E-state index in [2.05, 4.69) is 35.1 Å². The van der Waals surface area contributed by atoms with Gasteiger partial charge in [-0.2, -0.15) is 10.2 Å². The van der Waals surface area contributed by atoms with Crippen molar-refractivity contribution in [2.24, 2.45) is 0 Å². The Morgan fingerprint density at radius 2 is 1.07 bits per heavy atom. The van der Waals surface area contributed by atoms with Crippen LogP contribution in [0.3, 0.4) is 0 Å². The fraction of sp³-hybridized carbons (Fsp3) is 0.360. The lowest BCUT2D eigenvalue weighted by atomic mass is 10.2. The van der Waals surface area contributed by atoms with E-state index in [0.29, 0.717) is 105 Å². The predicted molar refractivity (Wildman–Crippen MR) is 287 cm³/mol. The number of carbonyl (C=O) groups excluding carboxylic acids is 4. The first-order valence-corrected chi connectivity index (χ1v) is 25.0. The first-order chi connectivity index (χ1) is 34.8. The van der Waals surface area contributed by atoms with Gasteiger partial charge in [0.25, 0.3) is 11.8 Å². The number of aromatic nitrogens is 6. The number of nitrogens with zero attached hydrogens (tertiary/aromatic N) is 11. The molecule has 0 aliphatic carbocycles. The average Bonchev–Trinajstić information content (AvgIpc) is 3.89. The molecule has 8 rings (SSSR count). The Balaban J connectivity index is 0.000000197. The van der Waals surface area contributed by atoms with Crippen LogP contribution in [0.2, 0.25) is 20.1 Å². The van der Waals surface area contributed by atoms with Crippen molar-refractivity contribution in [3.63, 3.8) is 0 Å². The monoisotopic (exact) mass is 1100 g/mol. The molecule has 2 aliphatic rings. The van der Waals surface area contributed by atoms with Crippen molar-refractivity contribution in [2.45, 2.75) is 20.4 Å². The van der Waals surface area contributed by atoms with Gasteiger partial charge in [0.15, 0.2) is 0 Å². The summed E-state index contributed by atoms with van der Waals surface area (Å²) < 4.78 is 12.2. The number of piperazine rings is 2. The zero-order valence-corrected chi connectivity index (χ0v) is 45.5. The van der Waals surface area contributed by atoms with Crippen LogP contribution in [0, 0.1) is 13.8 Å². The van der Waals surface area contributed by atoms with Crippen molar-refractivity contribution >= 4 is 93.0 Å². The van der Waals surface area contributed by atoms with Crippen LogP contribution in [0.15, 0.2) is 73.1 Å². The van der Waals surface area contributed by atoms with Crippen molar-refractivity contribution in [3.05, 3.63) is 116 Å². The van der Waals surface area contributed by atoms with E-state index < -0.39 is 0 Å². The van der Waals surface area contributed by atoms with Crippen molar-refractivity contribution in [2.75, 3.05) is 110 Å². The minimum Gasteiger partial charge on any atom is -0.495 e. The number of ether oxygens (including phenoxy) is 2. The van der Waals surface area contributed by atoms with E-state index in [1.165, 1.54) is 9.80 Å². The second kappa shape index (κ2) is 25.6. The first-order valence-electron chi connectivity index (χ1n) is 22.9. The molecule has 73 heavy (non-hydrogen) atoms. The number of alkyl halides is 1. The van der Waals surface area contributed by atoms with Crippen molar-refractivity contribution in [1.82, 2.24) is 49.5 Å². The molecule has 0 atom stereocenters. The highest BCUT2D eigenvalue weighted by Gasteiger charge is 2.25. The van der Waals surface area contributed by atoms with Gasteiger partial charge in [0.1, 0.15) is 46.7 Å². The van der Waals surface area contributed by atoms with Crippen LogP contribution in [0.1, 0.15) is 32.4 Å². The maximum atomic E-state index is 13.1. The second-order valence-electron chi connectivity index (χ2n) is 17.2. The summed E-state index contributed by atoms with van der Waals surface area (Å²) in [5.41, 5.74) is 6.92. The molecule has 1 N–H and O–H groups in total. The van der Waals surface area contributed by atoms with Crippen LogP contribution in [0.4, 0.5) is 11.4 Å². The molecule has 2 saturated heterocycles. The average molecular weight is 1100 g/mol. The summed E-state index contributed by atoms with van der Waals surface area (Å²) in [6, 6.07) is 18.2. The molecule has 4 amide bonds. The molecule has 2 aliphatic heterocycles. The highest BCUT2D eigenvalue weighted by atomic mass is 35.5. The largest absolute Gasteiger partial charge is 0.495 e. The van der Waals surface area contributed by atoms with E-state index in [-0.39, 0.29) is 36.1 Å². The number of carbonyl (C=O) groups is 4. The van der Waals surface area contributed by atoms with Gasteiger partial charge in [0.2, 0.25) is 11.8 Å². The van der Waals surface area contributed by atoms with Gasteiger partial charge in [-0.25, -0.2) is 0 Å². The third-order valence-corrected chi connectivity index (χ3v) is 13.8. The van der Waals surface area contributed by atoms with E-state index in [4.69, 9.17) is 67.5 Å². The molecule has 6 aromatic rings. The van der Waals surface area contributed by atoms with Crippen LogP contribution >= 0.6 is 58.0 Å². The minimum atomic E-state index is -0.185. The van der Waals surface area contributed by atoms with E-state index in [9.17, 15) is 19.2 Å². The number of nitrogens with one attached hydrogen (secondary N) is 1. The molecular formula is C50H57Cl5N12O6. The standard InChI is InChI=1S/C25H28Cl2N6O3.C13H16Cl2N2O2.C12H13ClN4O/c1-16-23(27)24(17-5-8-20(28-14-17)25(35)30(2)3)29-33(16)15-22(34)32-11-9-31(10-12-32)18-6-7-19(26)21(13-18)36-4;1-19-12-8-10(2-3-11(12)15)16-4-6-17(7-5-16)13(18)9-14;1-7-10(13)11(16-15-7)8-4-5-9(14-6-8)12(18)17(2)3/h5-8,13-14H,9-12,15H2,1-4H3;2-3,8H,4-7,9H2,1H3;4-6H,1-3H3,(H,15,16). The van der Waals surface area contributed by atoms with E-state index >= 15 is 0 Å². The Morgan fingerprint density at radius 1 is 0.616 bits per heavy atom. The Labute approximate surface area is 449 Å². The maximum Gasteiger partial charge on any atom is 0.271 e. The normalized spacial score (nSPS) is 13.3. The predicted octanol–water partition coefficient (Wildman–Crippen LogP) is 7.99. The second-order valence-corrected chi connectivity index (χ2v) is 19.0. The number of amides is 4. The molecule has 18 nitrogen and oxygen atoms in total. The fourth-order valence-electron chi connectivity index (χ4n) is 7.68. The summed E-state index contributed by atoms with van der Waals surface area (Å²) in [5, 5.41) is 13.7. The molecule has 0 spiro atoms. The molecule has 4 aromatic heterocycles. The van der Waals surface area contributed by atoms with Gasteiger partial charge in [-0.1, -0.05) is 46.4 Å². The lowest BCUT2D eigenvalue weighted by molar-refractivity contribution is -0.132. The third kappa shape index (κ3) is 13.9. The van der Waals surface area contributed by atoms with Gasteiger partial charge in [0, 0.05) is 128 Å². The lowest BCUT2D eigenvalue weighted by Gasteiger charge is -2.36. The Kier molecular flexibility index (Phi) is 19.6. The number of aryl methyl sites for hydroxylation is 1. The summed E-state index contributed by atoms with van der Waals surface area (Å²) in [5.74, 6) is 0.995. The number of pyridine rings is 2. The number of anilines is 2.